The lowest BCUT2D eigenvalue weighted by atomic mass is 9.93. The highest BCUT2D eigenvalue weighted by Gasteiger charge is 2.16. The normalized spacial score (nSPS) is 11.6. The lowest BCUT2D eigenvalue weighted by Gasteiger charge is -2.11. The summed E-state index contributed by atoms with van der Waals surface area (Å²) in [5.41, 5.74) is 11.7. The monoisotopic (exact) mass is 733 g/mol. The molecular formula is C51H31N3OS. The van der Waals surface area contributed by atoms with Gasteiger partial charge in [0.2, 0.25) is 0 Å². The molecule has 0 unspecified atom stereocenters. The van der Waals surface area contributed by atoms with Crippen molar-refractivity contribution >= 4 is 53.4 Å². The molecule has 4 nitrogen and oxygen atoms in total. The third-order valence-corrected chi connectivity index (χ3v) is 11.7. The molecule has 0 fully saturated rings. The van der Waals surface area contributed by atoms with Crippen LogP contribution >= 0.6 is 11.3 Å². The first kappa shape index (κ1) is 32.2. The van der Waals surface area contributed by atoms with Crippen molar-refractivity contribution in [3.8, 4) is 67.5 Å². The first-order valence-corrected chi connectivity index (χ1v) is 19.5. The Balaban J connectivity index is 0.984. The molecule has 0 radical (unpaired) electrons. The highest BCUT2D eigenvalue weighted by Crippen LogP contribution is 2.41. The number of hydrogen-bond donors (Lipinski definition) is 0. The number of aromatic nitrogens is 3. The predicted octanol–water partition coefficient (Wildman–Crippen LogP) is 14.1. The van der Waals surface area contributed by atoms with Crippen LogP contribution in [0.25, 0.3) is 110 Å². The van der Waals surface area contributed by atoms with Gasteiger partial charge in [0.1, 0.15) is 11.2 Å². The fourth-order valence-corrected chi connectivity index (χ4v) is 8.88. The van der Waals surface area contributed by atoms with Crippen molar-refractivity contribution in [2.24, 2.45) is 0 Å². The number of nitrogens with zero attached hydrogens (tertiary/aromatic N) is 3. The Morgan fingerprint density at radius 2 is 0.804 bits per heavy atom. The Labute approximate surface area is 327 Å². The van der Waals surface area contributed by atoms with Crippen molar-refractivity contribution < 1.29 is 4.42 Å². The Hall–Kier alpha value is -7.21. The molecule has 0 N–H and O–H groups in total. The third kappa shape index (κ3) is 5.65. The van der Waals surface area contributed by atoms with Crippen molar-refractivity contribution in [1.29, 1.82) is 0 Å². The standard InChI is InChI=1S/C51H31N3OS/c1-3-11-32(12-4-1)33-19-21-35(22-20-33)50-52-49(34-13-5-2-6-14-34)53-51(54-50)38-23-26-42-44-30-37(25-28-47(44)56-48(42)31-38)40-16-8-7-15-39(40)36-24-27-46-43(29-36)41-17-9-10-18-45(41)55-46/h1-31H. The summed E-state index contributed by atoms with van der Waals surface area (Å²) in [6, 6.07) is 65.9. The number of para-hydroxylation sites is 1. The molecule has 56 heavy (non-hydrogen) atoms. The molecular weight excluding hydrogens is 703 g/mol. The van der Waals surface area contributed by atoms with Crippen molar-refractivity contribution in [1.82, 2.24) is 15.0 Å². The van der Waals surface area contributed by atoms with E-state index in [4.69, 9.17) is 19.4 Å². The first-order valence-electron chi connectivity index (χ1n) is 18.7. The quantitative estimate of drug-likeness (QED) is 0.171. The molecule has 3 heterocycles. The Kier molecular flexibility index (Phi) is 7.64. The summed E-state index contributed by atoms with van der Waals surface area (Å²) in [6.45, 7) is 0. The van der Waals surface area contributed by atoms with Crippen LogP contribution in [-0.2, 0) is 0 Å². The molecule has 0 saturated carbocycles. The highest BCUT2D eigenvalue weighted by atomic mass is 32.1. The van der Waals surface area contributed by atoms with Crippen LogP contribution in [0, 0.1) is 0 Å². The van der Waals surface area contributed by atoms with Gasteiger partial charge < -0.3 is 4.42 Å². The van der Waals surface area contributed by atoms with E-state index in [0.29, 0.717) is 17.5 Å². The van der Waals surface area contributed by atoms with Gasteiger partial charge in [-0.15, -0.1) is 11.3 Å². The first-order chi connectivity index (χ1) is 27.7. The lowest BCUT2D eigenvalue weighted by Crippen LogP contribution is -2.00. The van der Waals surface area contributed by atoms with Crippen LogP contribution < -0.4 is 0 Å². The molecule has 0 aliphatic rings. The number of furan rings is 1. The summed E-state index contributed by atoms with van der Waals surface area (Å²) in [4.78, 5) is 15.1. The molecule has 11 rings (SSSR count). The van der Waals surface area contributed by atoms with Gasteiger partial charge in [-0.05, 0) is 69.8 Å². The van der Waals surface area contributed by atoms with Gasteiger partial charge in [-0.2, -0.15) is 0 Å². The minimum Gasteiger partial charge on any atom is -0.456 e. The maximum absolute atomic E-state index is 6.14. The van der Waals surface area contributed by atoms with Crippen LogP contribution in [0.3, 0.4) is 0 Å². The van der Waals surface area contributed by atoms with Crippen LogP contribution in [-0.4, -0.2) is 15.0 Å². The minimum absolute atomic E-state index is 0.647. The number of fused-ring (bicyclic) bond motifs is 6. The van der Waals surface area contributed by atoms with Gasteiger partial charge in [0.15, 0.2) is 17.5 Å². The lowest BCUT2D eigenvalue weighted by molar-refractivity contribution is 0.669. The maximum atomic E-state index is 6.14. The van der Waals surface area contributed by atoms with Gasteiger partial charge in [-0.3, -0.25) is 0 Å². The summed E-state index contributed by atoms with van der Waals surface area (Å²) >= 11 is 1.80. The molecule has 0 atom stereocenters. The van der Waals surface area contributed by atoms with Crippen LogP contribution in [0.15, 0.2) is 192 Å². The zero-order valence-corrected chi connectivity index (χ0v) is 30.9. The minimum atomic E-state index is 0.647. The Morgan fingerprint density at radius 3 is 1.54 bits per heavy atom. The smallest absolute Gasteiger partial charge is 0.164 e. The largest absolute Gasteiger partial charge is 0.456 e. The molecule has 3 aromatic heterocycles. The van der Waals surface area contributed by atoms with Crippen molar-refractivity contribution in [2.45, 2.75) is 0 Å². The summed E-state index contributed by atoms with van der Waals surface area (Å²) in [6.07, 6.45) is 0. The van der Waals surface area contributed by atoms with Gasteiger partial charge in [0.25, 0.3) is 0 Å². The molecule has 0 aliphatic carbocycles. The van der Waals surface area contributed by atoms with Crippen molar-refractivity contribution in [3.63, 3.8) is 0 Å². The van der Waals surface area contributed by atoms with Crippen LogP contribution in [0.5, 0.6) is 0 Å². The Bertz CT molecular complexity index is 3240. The fourth-order valence-electron chi connectivity index (χ4n) is 7.76. The van der Waals surface area contributed by atoms with Crippen molar-refractivity contribution in [3.05, 3.63) is 188 Å². The molecule has 11 aromatic rings. The number of hydrogen-bond acceptors (Lipinski definition) is 5. The van der Waals surface area contributed by atoms with E-state index in [1.165, 1.54) is 48.0 Å². The van der Waals surface area contributed by atoms with E-state index in [1.54, 1.807) is 11.3 Å². The average Bonchev–Trinajstić information content (AvgIpc) is 3.84. The van der Waals surface area contributed by atoms with Gasteiger partial charge in [0, 0.05) is 47.6 Å². The van der Waals surface area contributed by atoms with E-state index >= 15 is 0 Å². The predicted molar refractivity (Wildman–Crippen MR) is 233 cm³/mol. The second-order valence-corrected chi connectivity index (χ2v) is 15.1. The molecule has 5 heteroatoms. The zero-order valence-electron chi connectivity index (χ0n) is 30.1. The van der Waals surface area contributed by atoms with Gasteiger partial charge in [-0.1, -0.05) is 152 Å². The number of benzene rings is 8. The van der Waals surface area contributed by atoms with Crippen molar-refractivity contribution in [2.75, 3.05) is 0 Å². The number of thiophene rings is 1. The number of rotatable bonds is 6. The van der Waals surface area contributed by atoms with Gasteiger partial charge >= 0.3 is 0 Å². The molecule has 0 bridgehead atoms. The molecule has 262 valence electrons. The highest BCUT2D eigenvalue weighted by molar-refractivity contribution is 7.25. The van der Waals surface area contributed by atoms with E-state index in [1.807, 2.05) is 48.5 Å². The van der Waals surface area contributed by atoms with E-state index in [0.717, 1.165) is 44.2 Å². The summed E-state index contributed by atoms with van der Waals surface area (Å²) in [5, 5.41) is 4.72. The van der Waals surface area contributed by atoms with Crippen LogP contribution in [0.1, 0.15) is 0 Å². The molecule has 0 spiro atoms. The SMILES string of the molecule is c1ccc(-c2ccc(-c3nc(-c4ccccc4)nc(-c4ccc5c(c4)sc4ccc(-c6ccccc6-c6ccc7oc8ccccc8c7c6)cc45)n3)cc2)cc1. The van der Waals surface area contributed by atoms with E-state index in [2.05, 4.69) is 140 Å². The molecule has 0 aliphatic heterocycles. The molecule has 8 aromatic carbocycles. The van der Waals surface area contributed by atoms with Gasteiger partial charge in [-0.25, -0.2) is 15.0 Å². The van der Waals surface area contributed by atoms with E-state index in [9.17, 15) is 0 Å². The molecule has 0 saturated heterocycles. The Morgan fingerprint density at radius 1 is 0.304 bits per heavy atom. The zero-order chi connectivity index (χ0) is 37.0. The van der Waals surface area contributed by atoms with Gasteiger partial charge in [0.05, 0.1) is 0 Å². The summed E-state index contributed by atoms with van der Waals surface area (Å²) < 4.78 is 8.57. The van der Waals surface area contributed by atoms with Crippen LogP contribution in [0.4, 0.5) is 0 Å². The average molecular weight is 734 g/mol. The second kappa shape index (κ2) is 13.3. The maximum Gasteiger partial charge on any atom is 0.164 e. The topological polar surface area (TPSA) is 51.8 Å². The second-order valence-electron chi connectivity index (χ2n) is 14.0. The van der Waals surface area contributed by atoms with Crippen LogP contribution in [0.2, 0.25) is 0 Å². The summed E-state index contributed by atoms with van der Waals surface area (Å²) in [7, 11) is 0. The molecule has 0 amide bonds. The fraction of sp³-hybridized carbons (Fsp3) is 0. The van der Waals surface area contributed by atoms with E-state index in [-0.39, 0.29) is 0 Å². The third-order valence-electron chi connectivity index (χ3n) is 10.6. The van der Waals surface area contributed by atoms with E-state index < -0.39 is 0 Å². The summed E-state index contributed by atoms with van der Waals surface area (Å²) in [5.74, 6) is 1.95.